The number of alkyl halides is 3. The number of hydrogen-bond acceptors (Lipinski definition) is 5. The summed E-state index contributed by atoms with van der Waals surface area (Å²) in [5.41, 5.74) is 1.87. The molecule has 1 N–H and O–H groups in total. The van der Waals surface area contributed by atoms with Crippen molar-refractivity contribution in [2.24, 2.45) is 7.05 Å². The highest BCUT2D eigenvalue weighted by Crippen LogP contribution is 2.41. The molecule has 0 aliphatic heterocycles. The first-order valence-corrected chi connectivity index (χ1v) is 12.3. The van der Waals surface area contributed by atoms with Gasteiger partial charge in [-0.2, -0.15) is 13.2 Å². The van der Waals surface area contributed by atoms with Crippen LogP contribution in [0.5, 0.6) is 17.4 Å². The molecule has 0 spiro atoms. The third-order valence-electron chi connectivity index (χ3n) is 5.35. The Hall–Kier alpha value is -3.71. The zero-order valence-electron chi connectivity index (χ0n) is 19.4. The van der Waals surface area contributed by atoms with E-state index in [0.29, 0.717) is 39.5 Å². The van der Waals surface area contributed by atoms with Gasteiger partial charge in [0.25, 0.3) is 0 Å². The van der Waals surface area contributed by atoms with Crippen molar-refractivity contribution in [3.63, 3.8) is 0 Å². The van der Waals surface area contributed by atoms with Crippen molar-refractivity contribution in [1.29, 1.82) is 0 Å². The van der Waals surface area contributed by atoms with Gasteiger partial charge in [-0.1, -0.05) is 6.07 Å². The number of sulfonamides is 1. The van der Waals surface area contributed by atoms with Gasteiger partial charge >= 0.3 is 6.18 Å². The summed E-state index contributed by atoms with van der Waals surface area (Å²) in [5.74, 6) is -3.56. The Kier molecular flexibility index (Phi) is 7.11. The van der Waals surface area contributed by atoms with Crippen molar-refractivity contribution in [1.82, 2.24) is 14.3 Å². The standard InChI is InChI=1S/C24H20F5N3O4S/c1-32-12-18(16-7-8-30-23(35-2)22(16)32)17-9-14(11-31-37(33,34)13-24(27,28)29)3-5-20(17)36-21-6-4-15(25)10-19(21)26/h3-10,12,31H,11,13H2,1-2H3. The summed E-state index contributed by atoms with van der Waals surface area (Å²) in [7, 11) is -1.45. The molecule has 13 heteroatoms. The Bertz CT molecular complexity index is 1570. The molecular formula is C24H20F5N3O4S. The van der Waals surface area contributed by atoms with Gasteiger partial charge in [0.1, 0.15) is 17.1 Å². The smallest absolute Gasteiger partial charge is 0.404 e. The van der Waals surface area contributed by atoms with Crippen LogP contribution in [0.1, 0.15) is 5.56 Å². The fourth-order valence-electron chi connectivity index (χ4n) is 3.81. The number of nitrogens with one attached hydrogen (secondary N) is 1. The SMILES string of the molecule is COc1nccc2c(-c3cc(CNS(=O)(=O)CC(F)(F)F)ccc3Oc3ccc(F)cc3F)cn(C)c12. The van der Waals surface area contributed by atoms with Gasteiger partial charge in [-0.25, -0.2) is 26.9 Å². The number of aryl methyl sites for hydroxylation is 1. The molecule has 4 rings (SSSR count). The lowest BCUT2D eigenvalue weighted by molar-refractivity contribution is -0.106. The van der Waals surface area contributed by atoms with Crippen LogP contribution < -0.4 is 14.2 Å². The summed E-state index contributed by atoms with van der Waals surface area (Å²) in [4.78, 5) is 4.18. The first kappa shape index (κ1) is 26.4. The quantitative estimate of drug-likeness (QED) is 0.306. The van der Waals surface area contributed by atoms with Gasteiger partial charge in [0.15, 0.2) is 17.3 Å². The van der Waals surface area contributed by atoms with Crippen molar-refractivity contribution < 1.29 is 39.8 Å². The average Bonchev–Trinajstić information content (AvgIpc) is 3.15. The van der Waals surface area contributed by atoms with E-state index in [2.05, 4.69) is 4.98 Å². The molecule has 0 aliphatic rings. The van der Waals surface area contributed by atoms with Gasteiger partial charge < -0.3 is 14.0 Å². The minimum absolute atomic E-state index is 0.135. The monoisotopic (exact) mass is 541 g/mol. The second-order valence-corrected chi connectivity index (χ2v) is 9.88. The molecule has 4 aromatic rings. The largest absolute Gasteiger partial charge is 0.479 e. The maximum absolute atomic E-state index is 14.3. The molecule has 2 aromatic heterocycles. The van der Waals surface area contributed by atoms with Gasteiger partial charge in [-0.05, 0) is 35.9 Å². The van der Waals surface area contributed by atoms with Crippen LogP contribution in [0.3, 0.4) is 0 Å². The summed E-state index contributed by atoms with van der Waals surface area (Å²) < 4.78 is 104. The fourth-order valence-corrected chi connectivity index (χ4v) is 4.73. The molecule has 7 nitrogen and oxygen atoms in total. The molecule has 196 valence electrons. The van der Waals surface area contributed by atoms with Crippen LogP contribution >= 0.6 is 0 Å². The highest BCUT2D eigenvalue weighted by molar-refractivity contribution is 7.89. The number of rotatable bonds is 8. The third kappa shape index (κ3) is 6.00. The van der Waals surface area contributed by atoms with E-state index in [-0.39, 0.29) is 11.5 Å². The van der Waals surface area contributed by atoms with E-state index in [1.807, 2.05) is 4.72 Å². The number of halogens is 5. The summed E-state index contributed by atoms with van der Waals surface area (Å²) >= 11 is 0. The number of ether oxygens (including phenoxy) is 2. The van der Waals surface area contributed by atoms with E-state index in [1.165, 1.54) is 31.5 Å². The van der Waals surface area contributed by atoms with Crippen LogP contribution in [0, 0.1) is 11.6 Å². The molecule has 0 unspecified atom stereocenters. The van der Waals surface area contributed by atoms with Crippen LogP contribution in [-0.2, 0) is 23.6 Å². The van der Waals surface area contributed by atoms with Crippen molar-refractivity contribution in [2.75, 3.05) is 12.9 Å². The zero-order valence-corrected chi connectivity index (χ0v) is 20.3. The van der Waals surface area contributed by atoms with Crippen molar-refractivity contribution >= 4 is 20.9 Å². The van der Waals surface area contributed by atoms with Crippen molar-refractivity contribution in [3.8, 4) is 28.5 Å². The van der Waals surface area contributed by atoms with Gasteiger partial charge in [0, 0.05) is 48.6 Å². The number of pyridine rings is 1. The Morgan fingerprint density at radius 2 is 1.76 bits per heavy atom. The first-order chi connectivity index (χ1) is 17.4. The van der Waals surface area contributed by atoms with Crippen LogP contribution in [-0.4, -0.2) is 37.0 Å². The maximum Gasteiger partial charge on any atom is 0.404 e. The lowest BCUT2D eigenvalue weighted by Crippen LogP contribution is -2.33. The number of methoxy groups -OCH3 is 1. The molecule has 0 bridgehead atoms. The van der Waals surface area contributed by atoms with Gasteiger partial charge in [-0.3, -0.25) is 0 Å². The molecule has 37 heavy (non-hydrogen) atoms. The second kappa shape index (κ2) is 9.98. The second-order valence-electron chi connectivity index (χ2n) is 8.07. The number of nitrogens with zero attached hydrogens (tertiary/aromatic N) is 2. The Balaban J connectivity index is 1.80. The molecule has 2 heterocycles. The van der Waals surface area contributed by atoms with E-state index in [1.54, 1.807) is 23.9 Å². The Labute approximate surface area is 208 Å². The van der Waals surface area contributed by atoms with Gasteiger partial charge in [-0.15, -0.1) is 0 Å². The normalized spacial score (nSPS) is 12.2. The summed E-state index contributed by atoms with van der Waals surface area (Å²) in [6.45, 7) is -0.438. The number of aromatic nitrogens is 2. The highest BCUT2D eigenvalue weighted by atomic mass is 32.2. The van der Waals surface area contributed by atoms with E-state index < -0.39 is 40.1 Å². The number of fused-ring (bicyclic) bond motifs is 1. The van der Waals surface area contributed by atoms with E-state index in [9.17, 15) is 30.4 Å². The van der Waals surface area contributed by atoms with E-state index >= 15 is 0 Å². The summed E-state index contributed by atoms with van der Waals surface area (Å²) in [6.07, 6.45) is -1.67. The predicted octanol–water partition coefficient (Wildman–Crippen LogP) is 5.30. The topological polar surface area (TPSA) is 82.4 Å². The van der Waals surface area contributed by atoms with Crippen molar-refractivity contribution in [2.45, 2.75) is 12.7 Å². The van der Waals surface area contributed by atoms with E-state index in [4.69, 9.17) is 9.47 Å². The molecule has 0 aliphatic carbocycles. The van der Waals surface area contributed by atoms with E-state index in [0.717, 1.165) is 12.1 Å². The molecule has 2 aromatic carbocycles. The summed E-state index contributed by atoms with van der Waals surface area (Å²) in [5, 5.41) is 0.661. The lowest BCUT2D eigenvalue weighted by atomic mass is 10.0. The minimum Gasteiger partial charge on any atom is -0.479 e. The van der Waals surface area contributed by atoms with Crippen molar-refractivity contribution in [3.05, 3.63) is 72.1 Å². The highest BCUT2D eigenvalue weighted by Gasteiger charge is 2.35. The fraction of sp³-hybridized carbons (Fsp3) is 0.208. The average molecular weight is 541 g/mol. The first-order valence-electron chi connectivity index (χ1n) is 10.6. The summed E-state index contributed by atoms with van der Waals surface area (Å²) in [6, 6.07) is 8.85. The molecular weight excluding hydrogens is 521 g/mol. The van der Waals surface area contributed by atoms with Crippen LogP contribution in [0.2, 0.25) is 0 Å². The maximum atomic E-state index is 14.3. The van der Waals surface area contributed by atoms with Crippen LogP contribution in [0.25, 0.3) is 22.0 Å². The molecule has 0 fully saturated rings. The molecule has 0 radical (unpaired) electrons. The van der Waals surface area contributed by atoms with Crippen LogP contribution in [0.4, 0.5) is 22.0 Å². The molecule has 0 amide bonds. The number of benzene rings is 2. The third-order valence-corrected chi connectivity index (χ3v) is 6.64. The van der Waals surface area contributed by atoms with Crippen LogP contribution in [0.15, 0.2) is 54.9 Å². The minimum atomic E-state index is -4.90. The molecule has 0 saturated carbocycles. The predicted molar refractivity (Wildman–Crippen MR) is 126 cm³/mol. The Morgan fingerprint density at radius 3 is 2.43 bits per heavy atom. The lowest BCUT2D eigenvalue weighted by Gasteiger charge is -2.14. The number of hydrogen-bond donors (Lipinski definition) is 1. The van der Waals surface area contributed by atoms with Gasteiger partial charge in [0.2, 0.25) is 15.9 Å². The molecule has 0 atom stereocenters. The Morgan fingerprint density at radius 1 is 1.03 bits per heavy atom. The zero-order chi connectivity index (χ0) is 27.0. The van der Waals surface area contributed by atoms with Gasteiger partial charge in [0.05, 0.1) is 7.11 Å². The molecule has 0 saturated heterocycles.